The normalized spacial score (nSPS) is 21.3. The second-order valence-corrected chi connectivity index (χ2v) is 5.50. The predicted molar refractivity (Wildman–Crippen MR) is 62.3 cm³/mol. The van der Waals surface area contributed by atoms with Crippen molar-refractivity contribution in [1.29, 1.82) is 0 Å². The zero-order valence-electron chi connectivity index (χ0n) is 8.91. The third-order valence-electron chi connectivity index (χ3n) is 3.44. The summed E-state index contributed by atoms with van der Waals surface area (Å²) in [6.45, 7) is 1.07. The Morgan fingerprint density at radius 1 is 1.27 bits per heavy atom. The summed E-state index contributed by atoms with van der Waals surface area (Å²) in [5.74, 6) is 2.74. The molecule has 0 saturated heterocycles. The fraction of sp³-hybridized carbons (Fsp3) is 0.818. The lowest BCUT2D eigenvalue weighted by atomic mass is 9.83. The molecule has 1 N–H and O–H groups in total. The molecule has 0 unspecified atom stereocenters. The molecule has 0 bridgehead atoms. The highest BCUT2D eigenvalue weighted by molar-refractivity contribution is 7.09. The fourth-order valence-electron chi connectivity index (χ4n) is 1.98. The second kappa shape index (κ2) is 4.08. The van der Waals surface area contributed by atoms with Crippen molar-refractivity contribution in [2.75, 3.05) is 11.9 Å². The van der Waals surface area contributed by atoms with Crippen molar-refractivity contribution in [3.8, 4) is 0 Å². The molecule has 0 aromatic carbocycles. The van der Waals surface area contributed by atoms with E-state index in [9.17, 15) is 0 Å². The Hall–Kier alpha value is -0.640. The molecule has 2 aliphatic rings. The maximum absolute atomic E-state index is 4.51. The standard InChI is InChI=1S/C11H17N3S/c1-2-8(3-1)6-7-12-11-13-10(14-15-11)9-4-5-9/h8-9H,1-7H2,(H,12,13,14). The maximum atomic E-state index is 4.51. The predicted octanol–water partition coefficient (Wildman–Crippen LogP) is 3.02. The van der Waals surface area contributed by atoms with Crippen molar-refractivity contribution in [3.05, 3.63) is 5.82 Å². The van der Waals surface area contributed by atoms with E-state index < -0.39 is 0 Å². The van der Waals surface area contributed by atoms with Crippen LogP contribution in [0.2, 0.25) is 0 Å². The number of anilines is 1. The van der Waals surface area contributed by atoms with Gasteiger partial charge in [0.05, 0.1) is 0 Å². The van der Waals surface area contributed by atoms with Crippen LogP contribution < -0.4 is 5.32 Å². The highest BCUT2D eigenvalue weighted by Crippen LogP contribution is 2.39. The van der Waals surface area contributed by atoms with E-state index >= 15 is 0 Å². The van der Waals surface area contributed by atoms with Crippen LogP contribution in [0.4, 0.5) is 5.13 Å². The Kier molecular flexibility index (Phi) is 2.61. The van der Waals surface area contributed by atoms with Gasteiger partial charge in [0, 0.05) is 24.0 Å². The monoisotopic (exact) mass is 223 g/mol. The lowest BCUT2D eigenvalue weighted by molar-refractivity contribution is 0.303. The molecule has 0 spiro atoms. The van der Waals surface area contributed by atoms with E-state index in [1.807, 2.05) is 0 Å². The smallest absolute Gasteiger partial charge is 0.202 e. The molecule has 82 valence electrons. The van der Waals surface area contributed by atoms with Crippen LogP contribution in [0.15, 0.2) is 0 Å². The molecule has 3 nitrogen and oxygen atoms in total. The summed E-state index contributed by atoms with van der Waals surface area (Å²) >= 11 is 1.52. The molecule has 1 aromatic rings. The second-order valence-electron chi connectivity index (χ2n) is 4.74. The quantitative estimate of drug-likeness (QED) is 0.833. The Balaban J connectivity index is 1.44. The van der Waals surface area contributed by atoms with Gasteiger partial charge in [-0.25, -0.2) is 4.98 Å². The third kappa shape index (κ3) is 2.30. The molecule has 1 heterocycles. The summed E-state index contributed by atoms with van der Waals surface area (Å²) in [5, 5.41) is 4.42. The van der Waals surface area contributed by atoms with Crippen molar-refractivity contribution in [2.45, 2.75) is 44.4 Å². The van der Waals surface area contributed by atoms with Gasteiger partial charge in [0.15, 0.2) is 0 Å². The van der Waals surface area contributed by atoms with Gasteiger partial charge in [0.25, 0.3) is 0 Å². The van der Waals surface area contributed by atoms with Gasteiger partial charge >= 0.3 is 0 Å². The minimum Gasteiger partial charge on any atom is -0.360 e. The number of rotatable bonds is 5. The van der Waals surface area contributed by atoms with Crippen LogP contribution in [0.1, 0.15) is 50.3 Å². The number of hydrogen-bond acceptors (Lipinski definition) is 4. The average molecular weight is 223 g/mol. The molecule has 0 atom stereocenters. The number of nitrogens with one attached hydrogen (secondary N) is 1. The van der Waals surface area contributed by atoms with Crippen LogP contribution in [0.25, 0.3) is 0 Å². The Morgan fingerprint density at radius 3 is 2.80 bits per heavy atom. The van der Waals surface area contributed by atoms with Crippen molar-refractivity contribution >= 4 is 16.7 Å². The largest absolute Gasteiger partial charge is 0.360 e. The Bertz CT molecular complexity index is 328. The van der Waals surface area contributed by atoms with Crippen LogP contribution in [0.5, 0.6) is 0 Å². The lowest BCUT2D eigenvalue weighted by Gasteiger charge is -2.24. The summed E-state index contributed by atoms with van der Waals surface area (Å²) < 4.78 is 4.38. The van der Waals surface area contributed by atoms with Crippen LogP contribution in [-0.4, -0.2) is 15.9 Å². The van der Waals surface area contributed by atoms with Gasteiger partial charge in [-0.3, -0.25) is 0 Å². The minimum atomic E-state index is 0.684. The zero-order valence-corrected chi connectivity index (χ0v) is 9.72. The van der Waals surface area contributed by atoms with Gasteiger partial charge in [-0.2, -0.15) is 4.37 Å². The molecular formula is C11H17N3S. The minimum absolute atomic E-state index is 0.684. The van der Waals surface area contributed by atoms with Crippen LogP contribution in [0.3, 0.4) is 0 Å². The summed E-state index contributed by atoms with van der Waals surface area (Å²) in [7, 11) is 0. The number of nitrogens with zero attached hydrogens (tertiary/aromatic N) is 2. The molecular weight excluding hydrogens is 206 g/mol. The third-order valence-corrected chi connectivity index (χ3v) is 4.12. The van der Waals surface area contributed by atoms with Crippen molar-refractivity contribution < 1.29 is 0 Å². The first kappa shape index (κ1) is 9.58. The van der Waals surface area contributed by atoms with E-state index in [2.05, 4.69) is 14.7 Å². The van der Waals surface area contributed by atoms with Crippen molar-refractivity contribution in [3.63, 3.8) is 0 Å². The molecule has 4 heteroatoms. The SMILES string of the molecule is C1CC(CCNc2nc(C3CC3)ns2)C1. The topological polar surface area (TPSA) is 37.8 Å². The van der Waals surface area contributed by atoms with Crippen LogP contribution in [0, 0.1) is 5.92 Å². The lowest BCUT2D eigenvalue weighted by Crippen LogP contribution is -2.15. The fourth-order valence-corrected chi connectivity index (χ4v) is 2.65. The molecule has 1 aromatic heterocycles. The first-order valence-corrected chi connectivity index (χ1v) is 6.76. The Morgan fingerprint density at radius 2 is 2.13 bits per heavy atom. The van der Waals surface area contributed by atoms with Crippen molar-refractivity contribution in [1.82, 2.24) is 9.36 Å². The molecule has 2 saturated carbocycles. The molecule has 0 radical (unpaired) electrons. The van der Waals surface area contributed by atoms with E-state index in [1.165, 1.54) is 50.1 Å². The van der Waals surface area contributed by atoms with E-state index in [0.717, 1.165) is 23.4 Å². The molecule has 3 rings (SSSR count). The molecule has 2 fully saturated rings. The summed E-state index contributed by atoms with van der Waals surface area (Å²) in [6, 6.07) is 0. The molecule has 2 aliphatic carbocycles. The first-order chi connectivity index (χ1) is 7.42. The summed E-state index contributed by atoms with van der Waals surface area (Å²) in [4.78, 5) is 4.51. The van der Waals surface area contributed by atoms with Gasteiger partial charge in [-0.1, -0.05) is 19.3 Å². The molecule has 0 amide bonds. The van der Waals surface area contributed by atoms with E-state index in [4.69, 9.17) is 0 Å². The van der Waals surface area contributed by atoms with Gasteiger partial charge in [0.2, 0.25) is 5.13 Å². The van der Waals surface area contributed by atoms with Crippen molar-refractivity contribution in [2.24, 2.45) is 5.92 Å². The highest BCUT2D eigenvalue weighted by atomic mass is 32.1. The van der Waals surface area contributed by atoms with E-state index in [0.29, 0.717) is 5.92 Å². The van der Waals surface area contributed by atoms with Gasteiger partial charge in [-0.15, -0.1) is 0 Å². The van der Waals surface area contributed by atoms with Gasteiger partial charge in [-0.05, 0) is 25.2 Å². The molecule has 15 heavy (non-hydrogen) atoms. The van der Waals surface area contributed by atoms with Crippen LogP contribution in [-0.2, 0) is 0 Å². The maximum Gasteiger partial charge on any atom is 0.202 e. The average Bonchev–Trinajstić information content (AvgIpc) is 2.91. The number of aromatic nitrogens is 2. The zero-order chi connectivity index (χ0) is 10.1. The van der Waals surface area contributed by atoms with Crippen LogP contribution >= 0.6 is 11.5 Å². The Labute approximate surface area is 94.5 Å². The first-order valence-electron chi connectivity index (χ1n) is 5.99. The summed E-state index contributed by atoms with van der Waals surface area (Å²) in [5.41, 5.74) is 0. The molecule has 0 aliphatic heterocycles. The van der Waals surface area contributed by atoms with Gasteiger partial charge in [0.1, 0.15) is 5.82 Å². The number of hydrogen-bond donors (Lipinski definition) is 1. The van der Waals surface area contributed by atoms with Gasteiger partial charge < -0.3 is 5.32 Å². The van der Waals surface area contributed by atoms with E-state index in [1.54, 1.807) is 0 Å². The van der Waals surface area contributed by atoms with E-state index in [-0.39, 0.29) is 0 Å². The summed E-state index contributed by atoms with van der Waals surface area (Å²) in [6.07, 6.45) is 8.19. The highest BCUT2D eigenvalue weighted by Gasteiger charge is 2.27.